The first-order valence-corrected chi connectivity index (χ1v) is 9.45. The Morgan fingerprint density at radius 2 is 2.24 bits per heavy atom. The number of piperidine rings is 1. The molecule has 3 aromatic rings. The summed E-state index contributed by atoms with van der Waals surface area (Å²) in [5.74, 6) is 1.67. The molecule has 0 spiro atoms. The fourth-order valence-corrected chi connectivity index (χ4v) is 4.04. The number of amides is 1. The molecule has 6 nitrogen and oxygen atoms in total. The van der Waals surface area contributed by atoms with Crippen LogP contribution in [0.4, 0.5) is 0 Å². The zero-order valence-electron chi connectivity index (χ0n) is 14.2. The Hall–Kier alpha value is -2.41. The maximum absolute atomic E-state index is 12.7. The third-order valence-electron chi connectivity index (χ3n) is 4.86. The summed E-state index contributed by atoms with van der Waals surface area (Å²) in [6.07, 6.45) is 5.91. The largest absolute Gasteiger partial charge is 0.337 e. The van der Waals surface area contributed by atoms with Gasteiger partial charge in [0.2, 0.25) is 0 Å². The number of aromatic nitrogens is 4. The van der Waals surface area contributed by atoms with Gasteiger partial charge < -0.3 is 9.47 Å². The molecule has 1 aliphatic rings. The van der Waals surface area contributed by atoms with Crippen LogP contribution in [0.3, 0.4) is 0 Å². The molecule has 0 radical (unpaired) electrons. The molecule has 7 heteroatoms. The van der Waals surface area contributed by atoms with Crippen LogP contribution in [0.25, 0.3) is 10.6 Å². The Labute approximate surface area is 150 Å². The molecule has 0 atom stereocenters. The van der Waals surface area contributed by atoms with Gasteiger partial charge in [0, 0.05) is 32.0 Å². The number of carbonyl (C=O) groups is 1. The molecule has 4 rings (SSSR count). The lowest BCUT2D eigenvalue weighted by Crippen LogP contribution is -2.39. The summed E-state index contributed by atoms with van der Waals surface area (Å²) >= 11 is 1.64. The van der Waals surface area contributed by atoms with Gasteiger partial charge in [-0.25, -0.2) is 4.98 Å². The number of imidazole rings is 1. The van der Waals surface area contributed by atoms with Crippen LogP contribution in [0.5, 0.6) is 0 Å². The average Bonchev–Trinajstić information content (AvgIpc) is 3.37. The molecule has 1 aliphatic heterocycles. The first-order valence-electron chi connectivity index (χ1n) is 8.57. The topological polar surface area (TPSA) is 66.8 Å². The summed E-state index contributed by atoms with van der Waals surface area (Å²) in [4.78, 5) is 20.0. The van der Waals surface area contributed by atoms with Crippen LogP contribution in [0.15, 0.2) is 36.0 Å². The Bertz CT molecular complexity index is 843. The SMILES string of the molecule is Cc1nccn1CC1CCN(C(=O)c2cc(-c3cccs3)[nH]n2)CC1. The monoisotopic (exact) mass is 355 g/mol. The highest BCUT2D eigenvalue weighted by atomic mass is 32.1. The van der Waals surface area contributed by atoms with Gasteiger partial charge in [-0.05, 0) is 43.2 Å². The average molecular weight is 355 g/mol. The lowest BCUT2D eigenvalue weighted by atomic mass is 9.96. The van der Waals surface area contributed by atoms with Crippen molar-refractivity contribution in [3.8, 4) is 10.6 Å². The van der Waals surface area contributed by atoms with Crippen LogP contribution < -0.4 is 0 Å². The third-order valence-corrected chi connectivity index (χ3v) is 5.77. The highest BCUT2D eigenvalue weighted by Crippen LogP contribution is 2.25. The zero-order valence-corrected chi connectivity index (χ0v) is 15.0. The number of likely N-dealkylation sites (tertiary alicyclic amines) is 1. The molecule has 25 heavy (non-hydrogen) atoms. The molecule has 0 unspecified atom stereocenters. The van der Waals surface area contributed by atoms with Gasteiger partial charge in [-0.3, -0.25) is 9.89 Å². The molecule has 0 bridgehead atoms. The van der Waals surface area contributed by atoms with Crippen LogP contribution in [-0.4, -0.2) is 43.6 Å². The molecular weight excluding hydrogens is 334 g/mol. The van der Waals surface area contributed by atoms with E-state index >= 15 is 0 Å². The summed E-state index contributed by atoms with van der Waals surface area (Å²) in [6, 6.07) is 5.88. The molecule has 4 heterocycles. The number of rotatable bonds is 4. The van der Waals surface area contributed by atoms with E-state index in [-0.39, 0.29) is 5.91 Å². The van der Waals surface area contributed by atoms with Crippen molar-refractivity contribution in [2.75, 3.05) is 13.1 Å². The molecule has 130 valence electrons. The van der Waals surface area contributed by atoms with Gasteiger partial charge >= 0.3 is 0 Å². The minimum absolute atomic E-state index is 0.0244. The molecule has 1 saturated heterocycles. The molecule has 3 aromatic heterocycles. The molecule has 0 aromatic carbocycles. The fraction of sp³-hybridized carbons (Fsp3) is 0.389. The van der Waals surface area contributed by atoms with Crippen LogP contribution >= 0.6 is 11.3 Å². The normalized spacial score (nSPS) is 15.6. The quantitative estimate of drug-likeness (QED) is 0.781. The van der Waals surface area contributed by atoms with Gasteiger partial charge in [0.1, 0.15) is 5.82 Å². The Kier molecular flexibility index (Phi) is 4.40. The fourth-order valence-electron chi connectivity index (χ4n) is 3.34. The summed E-state index contributed by atoms with van der Waals surface area (Å²) < 4.78 is 2.20. The Morgan fingerprint density at radius 3 is 2.92 bits per heavy atom. The van der Waals surface area contributed by atoms with Crippen molar-refractivity contribution in [3.05, 3.63) is 47.5 Å². The number of nitrogens with zero attached hydrogens (tertiary/aromatic N) is 4. The van der Waals surface area contributed by atoms with E-state index in [9.17, 15) is 4.79 Å². The van der Waals surface area contributed by atoms with E-state index in [2.05, 4.69) is 19.7 Å². The van der Waals surface area contributed by atoms with Gasteiger partial charge in [-0.2, -0.15) is 5.10 Å². The van der Waals surface area contributed by atoms with Crippen LogP contribution in [0, 0.1) is 12.8 Å². The van der Waals surface area contributed by atoms with Crippen LogP contribution in [0.1, 0.15) is 29.2 Å². The van der Waals surface area contributed by atoms with E-state index < -0.39 is 0 Å². The lowest BCUT2D eigenvalue weighted by Gasteiger charge is -2.31. The second-order valence-electron chi connectivity index (χ2n) is 6.51. The van der Waals surface area contributed by atoms with Gasteiger partial charge in [-0.15, -0.1) is 11.3 Å². The molecule has 1 amide bonds. The number of thiophene rings is 1. The molecule has 0 aliphatic carbocycles. The van der Waals surface area contributed by atoms with E-state index in [1.807, 2.05) is 47.8 Å². The number of H-pyrrole nitrogens is 1. The van der Waals surface area contributed by atoms with Crippen LogP contribution in [0.2, 0.25) is 0 Å². The maximum atomic E-state index is 12.7. The number of hydrogen-bond acceptors (Lipinski definition) is 4. The van der Waals surface area contributed by atoms with Crippen molar-refractivity contribution in [1.82, 2.24) is 24.6 Å². The van der Waals surface area contributed by atoms with Crippen molar-refractivity contribution in [2.24, 2.45) is 5.92 Å². The van der Waals surface area contributed by atoms with E-state index in [0.29, 0.717) is 11.6 Å². The van der Waals surface area contributed by atoms with Gasteiger partial charge in [0.25, 0.3) is 5.91 Å². The molecule has 0 saturated carbocycles. The molecule has 1 N–H and O–H groups in total. The number of aromatic amines is 1. The predicted octanol–water partition coefficient (Wildman–Crippen LogP) is 3.20. The van der Waals surface area contributed by atoms with E-state index in [1.165, 1.54) is 0 Å². The number of aryl methyl sites for hydroxylation is 1. The second-order valence-corrected chi connectivity index (χ2v) is 7.45. The summed E-state index contributed by atoms with van der Waals surface area (Å²) in [7, 11) is 0. The van der Waals surface area contributed by atoms with E-state index in [4.69, 9.17) is 0 Å². The molecular formula is C18H21N5OS. The minimum Gasteiger partial charge on any atom is -0.337 e. The summed E-state index contributed by atoms with van der Waals surface area (Å²) in [6.45, 7) is 4.59. The first kappa shape index (κ1) is 16.1. The standard InChI is InChI=1S/C18H21N5OS/c1-13-19-6-9-23(13)12-14-4-7-22(8-5-14)18(24)16-11-15(20-21-16)17-3-2-10-25-17/h2-3,6,9-11,14H,4-5,7-8,12H2,1H3,(H,20,21). The number of carbonyl (C=O) groups excluding carboxylic acids is 1. The summed E-state index contributed by atoms with van der Waals surface area (Å²) in [5, 5.41) is 9.21. The van der Waals surface area contributed by atoms with Crippen molar-refractivity contribution >= 4 is 17.2 Å². The van der Waals surface area contributed by atoms with E-state index in [0.717, 1.165) is 48.9 Å². The van der Waals surface area contributed by atoms with Crippen molar-refractivity contribution in [3.63, 3.8) is 0 Å². The Morgan fingerprint density at radius 1 is 1.40 bits per heavy atom. The first-order chi connectivity index (χ1) is 12.2. The van der Waals surface area contributed by atoms with Crippen molar-refractivity contribution in [1.29, 1.82) is 0 Å². The van der Waals surface area contributed by atoms with Gasteiger partial charge in [0.15, 0.2) is 5.69 Å². The van der Waals surface area contributed by atoms with Crippen LogP contribution in [-0.2, 0) is 6.54 Å². The summed E-state index contributed by atoms with van der Waals surface area (Å²) in [5.41, 5.74) is 1.41. The molecule has 1 fully saturated rings. The third kappa shape index (κ3) is 3.37. The maximum Gasteiger partial charge on any atom is 0.274 e. The predicted molar refractivity (Wildman–Crippen MR) is 97.5 cm³/mol. The van der Waals surface area contributed by atoms with E-state index in [1.54, 1.807) is 11.3 Å². The minimum atomic E-state index is 0.0244. The number of nitrogens with one attached hydrogen (secondary N) is 1. The Balaban J connectivity index is 1.36. The van der Waals surface area contributed by atoms with Gasteiger partial charge in [-0.1, -0.05) is 6.07 Å². The highest BCUT2D eigenvalue weighted by Gasteiger charge is 2.25. The van der Waals surface area contributed by atoms with Gasteiger partial charge in [0.05, 0.1) is 10.6 Å². The van der Waals surface area contributed by atoms with Crippen molar-refractivity contribution in [2.45, 2.75) is 26.3 Å². The lowest BCUT2D eigenvalue weighted by molar-refractivity contribution is 0.0676. The van der Waals surface area contributed by atoms with Crippen molar-refractivity contribution < 1.29 is 4.79 Å². The smallest absolute Gasteiger partial charge is 0.274 e. The second kappa shape index (κ2) is 6.84. The highest BCUT2D eigenvalue weighted by molar-refractivity contribution is 7.13. The number of hydrogen-bond donors (Lipinski definition) is 1. The zero-order chi connectivity index (χ0) is 17.2.